The lowest BCUT2D eigenvalue weighted by atomic mass is 9.98. The number of aliphatic hydroxyl groups excluding tert-OH is 1. The van der Waals surface area contributed by atoms with Crippen LogP contribution in [0.4, 0.5) is 4.79 Å². The van der Waals surface area contributed by atoms with E-state index in [-0.39, 0.29) is 30.6 Å². The van der Waals surface area contributed by atoms with E-state index < -0.39 is 18.2 Å². The maximum atomic E-state index is 12.7. The number of amides is 1. The quantitative estimate of drug-likeness (QED) is 0.807. The van der Waals surface area contributed by atoms with Crippen LogP contribution in [0.15, 0.2) is 48.5 Å². The van der Waals surface area contributed by atoms with Crippen LogP contribution in [-0.2, 0) is 9.47 Å². The lowest BCUT2D eigenvalue weighted by Gasteiger charge is -2.25. The van der Waals surface area contributed by atoms with Crippen LogP contribution in [0.3, 0.4) is 0 Å². The Morgan fingerprint density at radius 1 is 1.15 bits per heavy atom. The molecule has 2 aromatic carbocycles. The van der Waals surface area contributed by atoms with Crippen molar-refractivity contribution in [1.82, 2.24) is 4.90 Å². The first kappa shape index (κ1) is 17.0. The van der Waals surface area contributed by atoms with E-state index in [0.717, 1.165) is 0 Å². The monoisotopic (exact) mass is 385 g/mol. The van der Waals surface area contributed by atoms with Crippen LogP contribution < -0.4 is 0 Å². The van der Waals surface area contributed by atoms with Gasteiger partial charge in [0.15, 0.2) is 0 Å². The first-order valence-corrected chi connectivity index (χ1v) is 9.64. The number of carbonyl (C=O) groups excluding carboxylic acids is 1. The number of fused-ring (bicyclic) bond motifs is 4. The Morgan fingerprint density at radius 3 is 2.44 bits per heavy atom. The lowest BCUT2D eigenvalue weighted by Crippen LogP contribution is -2.44. The molecule has 1 aliphatic carbocycles. The fourth-order valence-electron chi connectivity index (χ4n) is 4.62. The Morgan fingerprint density at radius 2 is 1.78 bits per heavy atom. The first-order valence-electron chi connectivity index (χ1n) is 9.20. The summed E-state index contributed by atoms with van der Waals surface area (Å²) < 4.78 is 11.2. The molecule has 0 saturated carbocycles. The highest BCUT2D eigenvalue weighted by Gasteiger charge is 2.52. The molecule has 2 heterocycles. The number of benzene rings is 2. The number of aliphatic hydroxyl groups is 1. The van der Waals surface area contributed by atoms with Crippen LogP contribution in [0.5, 0.6) is 0 Å². The number of likely N-dealkylation sites (tertiary alicyclic amines) is 1. The maximum absolute atomic E-state index is 12.7. The second kappa shape index (κ2) is 6.51. The summed E-state index contributed by atoms with van der Waals surface area (Å²) in [5.74, 6) is 0.0105. The van der Waals surface area contributed by atoms with E-state index in [1.165, 1.54) is 27.2 Å². The summed E-state index contributed by atoms with van der Waals surface area (Å²) in [4.78, 5) is 14.3. The van der Waals surface area contributed by atoms with Crippen molar-refractivity contribution in [2.24, 2.45) is 0 Å². The van der Waals surface area contributed by atoms with Crippen molar-refractivity contribution in [3.63, 3.8) is 0 Å². The van der Waals surface area contributed by atoms with Crippen molar-refractivity contribution in [2.45, 2.75) is 29.5 Å². The molecule has 0 bridgehead atoms. The highest BCUT2D eigenvalue weighted by Crippen LogP contribution is 2.44. The smallest absolute Gasteiger partial charge is 0.410 e. The van der Waals surface area contributed by atoms with Gasteiger partial charge in [-0.1, -0.05) is 48.5 Å². The van der Waals surface area contributed by atoms with Gasteiger partial charge in [0.25, 0.3) is 0 Å². The second-order valence-electron chi connectivity index (χ2n) is 7.33. The molecule has 5 nitrogen and oxygen atoms in total. The van der Waals surface area contributed by atoms with E-state index in [4.69, 9.17) is 21.1 Å². The van der Waals surface area contributed by atoms with E-state index >= 15 is 0 Å². The molecule has 1 amide bonds. The molecule has 4 atom stereocenters. The van der Waals surface area contributed by atoms with E-state index in [1.807, 2.05) is 24.3 Å². The molecule has 0 radical (unpaired) electrons. The molecule has 0 spiro atoms. The van der Waals surface area contributed by atoms with Crippen LogP contribution in [-0.4, -0.2) is 59.5 Å². The minimum absolute atomic E-state index is 0.0105. The number of hydrogen-bond donors (Lipinski definition) is 1. The summed E-state index contributed by atoms with van der Waals surface area (Å²) in [6.07, 6.45) is -1.50. The normalized spacial score (nSPS) is 28.7. The van der Waals surface area contributed by atoms with E-state index in [0.29, 0.717) is 6.54 Å². The van der Waals surface area contributed by atoms with Crippen molar-refractivity contribution in [3.05, 3.63) is 59.7 Å². The lowest BCUT2D eigenvalue weighted by molar-refractivity contribution is 0.0625. The molecule has 1 N–H and O–H groups in total. The zero-order valence-electron chi connectivity index (χ0n) is 14.6. The molecule has 27 heavy (non-hydrogen) atoms. The first-order chi connectivity index (χ1) is 13.1. The molecule has 2 aromatic rings. The molecular formula is C21H20ClNO4. The summed E-state index contributed by atoms with van der Waals surface area (Å²) in [7, 11) is 0. The summed E-state index contributed by atoms with van der Waals surface area (Å²) in [5.41, 5.74) is 4.72. The maximum Gasteiger partial charge on any atom is 0.410 e. The number of nitrogens with zero attached hydrogens (tertiary/aromatic N) is 1. The van der Waals surface area contributed by atoms with Gasteiger partial charge in [0, 0.05) is 12.5 Å². The van der Waals surface area contributed by atoms with E-state index in [2.05, 4.69) is 24.3 Å². The zero-order valence-corrected chi connectivity index (χ0v) is 15.4. The highest BCUT2D eigenvalue weighted by atomic mass is 35.5. The molecule has 2 aliphatic heterocycles. The van der Waals surface area contributed by atoms with Crippen molar-refractivity contribution in [3.8, 4) is 11.1 Å². The SMILES string of the molecule is O=C(OCC1c2ccccc2-c2ccccc21)N1C[C@H](Cl)[C@H]2OC[C@H](O)[C@H]21. The molecule has 0 aromatic heterocycles. The highest BCUT2D eigenvalue weighted by molar-refractivity contribution is 6.21. The Labute approximate surface area is 162 Å². The summed E-state index contributed by atoms with van der Waals surface area (Å²) in [5, 5.41) is 9.82. The molecule has 2 saturated heterocycles. The van der Waals surface area contributed by atoms with Crippen LogP contribution in [0.25, 0.3) is 11.1 Å². The number of carbonyl (C=O) groups is 1. The molecular weight excluding hydrogens is 366 g/mol. The van der Waals surface area contributed by atoms with Crippen LogP contribution >= 0.6 is 11.6 Å². The molecule has 140 valence electrons. The van der Waals surface area contributed by atoms with Crippen molar-refractivity contribution >= 4 is 17.7 Å². The Balaban J connectivity index is 1.35. The van der Waals surface area contributed by atoms with Crippen molar-refractivity contribution < 1.29 is 19.4 Å². The van der Waals surface area contributed by atoms with Gasteiger partial charge in [0.05, 0.1) is 24.1 Å². The fourth-order valence-corrected chi connectivity index (χ4v) is 4.99. The fraction of sp³-hybridized carbons (Fsp3) is 0.381. The van der Waals surface area contributed by atoms with Gasteiger partial charge in [-0.2, -0.15) is 0 Å². The summed E-state index contributed by atoms with van der Waals surface area (Å²) in [6, 6.07) is 16.0. The van der Waals surface area contributed by atoms with Gasteiger partial charge in [0.2, 0.25) is 0 Å². The minimum atomic E-state index is -0.723. The van der Waals surface area contributed by atoms with Gasteiger partial charge in [-0.3, -0.25) is 4.90 Å². The van der Waals surface area contributed by atoms with Gasteiger partial charge >= 0.3 is 6.09 Å². The minimum Gasteiger partial charge on any atom is -0.448 e. The largest absolute Gasteiger partial charge is 0.448 e. The van der Waals surface area contributed by atoms with Crippen LogP contribution in [0, 0.1) is 0 Å². The Kier molecular flexibility index (Phi) is 4.11. The topological polar surface area (TPSA) is 59.0 Å². The molecule has 6 heteroatoms. The molecule has 5 rings (SSSR count). The van der Waals surface area contributed by atoms with Crippen molar-refractivity contribution in [2.75, 3.05) is 19.8 Å². The van der Waals surface area contributed by atoms with Gasteiger partial charge in [-0.25, -0.2) is 4.79 Å². The second-order valence-corrected chi connectivity index (χ2v) is 7.89. The summed E-state index contributed by atoms with van der Waals surface area (Å²) >= 11 is 6.29. The number of rotatable bonds is 2. The molecule has 2 fully saturated rings. The molecule has 0 unspecified atom stereocenters. The molecule has 3 aliphatic rings. The average molecular weight is 386 g/mol. The average Bonchev–Trinajstić information content (AvgIpc) is 3.33. The van der Waals surface area contributed by atoms with Crippen LogP contribution in [0.1, 0.15) is 17.0 Å². The van der Waals surface area contributed by atoms with Gasteiger partial charge < -0.3 is 14.6 Å². The van der Waals surface area contributed by atoms with E-state index in [9.17, 15) is 9.90 Å². The number of halogens is 1. The third-order valence-corrected chi connectivity index (χ3v) is 6.23. The Bertz CT molecular complexity index is 842. The number of hydrogen-bond acceptors (Lipinski definition) is 4. The number of alkyl halides is 1. The van der Waals surface area contributed by atoms with Gasteiger partial charge in [-0.15, -0.1) is 11.6 Å². The third kappa shape index (κ3) is 2.64. The summed E-state index contributed by atoms with van der Waals surface area (Å²) in [6.45, 7) is 0.779. The predicted octanol–water partition coefficient (Wildman–Crippen LogP) is 2.99. The standard InChI is InChI=1S/C21H20ClNO4/c22-17-9-23(19-18(24)11-26-20(17)19)21(25)27-10-16-14-7-3-1-5-12(14)13-6-2-4-8-15(13)16/h1-8,16-20,24H,9-11H2/t17-,18-,19+,20+/m0/s1. The predicted molar refractivity (Wildman–Crippen MR) is 101 cm³/mol. The Hall–Kier alpha value is -2.08. The van der Waals surface area contributed by atoms with E-state index in [1.54, 1.807) is 0 Å². The van der Waals surface area contributed by atoms with Gasteiger partial charge in [0.1, 0.15) is 12.7 Å². The van der Waals surface area contributed by atoms with Crippen LogP contribution in [0.2, 0.25) is 0 Å². The third-order valence-electron chi connectivity index (χ3n) is 5.85. The number of ether oxygens (including phenoxy) is 2. The van der Waals surface area contributed by atoms with Crippen molar-refractivity contribution in [1.29, 1.82) is 0 Å². The van der Waals surface area contributed by atoms with Gasteiger partial charge in [-0.05, 0) is 22.3 Å². The zero-order chi connectivity index (χ0) is 18.5.